The molecule has 0 unspecified atom stereocenters. The Morgan fingerprint density at radius 2 is 2.83 bits per heavy atom. The number of hydrogen-bond donors (Lipinski definition) is 1. The first-order chi connectivity index (χ1) is 2.89. The molecule has 3 nitrogen and oxygen atoms in total. The van der Waals surface area contributed by atoms with Gasteiger partial charge in [-0.1, -0.05) is 0 Å². The molecular weight excluding hydrogens is 82.0 g/mol. The van der Waals surface area contributed by atoms with E-state index in [1.54, 1.807) is 0 Å². The number of rotatable bonds is 0. The second kappa shape index (κ2) is 1.01. The van der Waals surface area contributed by atoms with Crippen LogP contribution in [-0.4, -0.2) is 5.16 Å². The number of H-pyrrole nitrogens is 1. The summed E-state index contributed by atoms with van der Waals surface area (Å²) in [5.74, 6) is 0. The second-order valence-corrected chi connectivity index (χ2v) is 0.831. The molecule has 0 aliphatic heterocycles. The Kier molecular flexibility index (Phi) is 0.538. The van der Waals surface area contributed by atoms with E-state index in [-0.39, 0.29) is 5.56 Å². The quantitative estimate of drug-likeness (QED) is 0.441. The van der Waals surface area contributed by atoms with Gasteiger partial charge in [-0.3, -0.25) is 5.16 Å². The van der Waals surface area contributed by atoms with Crippen molar-refractivity contribution in [1.82, 2.24) is 5.16 Å². The monoisotopic (exact) mass is 84.0 g/mol. The molecule has 1 rings (SSSR count). The molecule has 1 aromatic rings. The predicted molar refractivity (Wildman–Crippen MR) is 18.2 cm³/mol. The van der Waals surface area contributed by atoms with Crippen LogP contribution in [0.2, 0.25) is 0 Å². The van der Waals surface area contributed by atoms with Crippen molar-refractivity contribution in [3.63, 3.8) is 0 Å². The lowest BCUT2D eigenvalue weighted by Gasteiger charge is -1.66. The van der Waals surface area contributed by atoms with Crippen LogP contribution in [0, 0.1) is 6.26 Å². The number of hydrogen-bond acceptors (Lipinski definition) is 2. The fourth-order valence-corrected chi connectivity index (χ4v) is 0.192. The van der Waals surface area contributed by atoms with Crippen molar-refractivity contribution in [3.05, 3.63) is 22.7 Å². The fraction of sp³-hybridized carbons (Fsp3) is 0. The summed E-state index contributed by atoms with van der Waals surface area (Å²) in [6.07, 6.45) is 2.19. The van der Waals surface area contributed by atoms with Crippen LogP contribution in [0.3, 0.4) is 0 Å². The third kappa shape index (κ3) is 0.337. The van der Waals surface area contributed by atoms with E-state index < -0.39 is 0 Å². The molecule has 0 radical (unpaired) electrons. The normalized spacial score (nSPS) is 8.67. The van der Waals surface area contributed by atoms with Gasteiger partial charge in [0.1, 0.15) is 5.56 Å². The van der Waals surface area contributed by atoms with Gasteiger partial charge >= 0.3 is 0 Å². The molecule has 0 bridgehead atoms. The van der Waals surface area contributed by atoms with E-state index in [1.165, 1.54) is 6.07 Å². The lowest BCUT2D eigenvalue weighted by molar-refractivity contribution is 0.407. The van der Waals surface area contributed by atoms with E-state index in [2.05, 4.69) is 10.8 Å². The Bertz CT molecular complexity index is 147. The van der Waals surface area contributed by atoms with E-state index in [0.717, 1.165) is 0 Å². The van der Waals surface area contributed by atoms with Crippen molar-refractivity contribution in [2.75, 3.05) is 0 Å². The summed E-state index contributed by atoms with van der Waals surface area (Å²) in [6, 6.07) is 1.18. The van der Waals surface area contributed by atoms with Crippen LogP contribution < -0.4 is 5.56 Å². The summed E-state index contributed by atoms with van der Waals surface area (Å²) in [7, 11) is 0. The maximum Gasteiger partial charge on any atom is 0.119 e. The van der Waals surface area contributed by atoms with Gasteiger partial charge in [0, 0.05) is 0 Å². The third-order valence-electron chi connectivity index (χ3n) is 0.401. The maximum atomic E-state index is 9.89. The summed E-state index contributed by atoms with van der Waals surface area (Å²) in [6.45, 7) is 0. The molecule has 0 aromatic carbocycles. The molecule has 0 saturated heterocycles. The van der Waals surface area contributed by atoms with Gasteiger partial charge in [-0.15, -0.1) is 6.07 Å². The predicted octanol–water partition coefficient (Wildman–Crippen LogP) is -0.232. The first-order valence-electron chi connectivity index (χ1n) is 1.44. The Hall–Kier alpha value is -0.990. The summed E-state index contributed by atoms with van der Waals surface area (Å²) in [5, 5.41) is 2.01. The smallest absolute Gasteiger partial charge is 0.119 e. The minimum Gasteiger partial charge on any atom is -0.501 e. The van der Waals surface area contributed by atoms with Gasteiger partial charge in [0.2, 0.25) is 0 Å². The molecule has 3 heteroatoms. The van der Waals surface area contributed by atoms with E-state index in [9.17, 15) is 4.79 Å². The van der Waals surface area contributed by atoms with Gasteiger partial charge in [0.05, 0.1) is 0 Å². The van der Waals surface area contributed by atoms with Crippen LogP contribution in [-0.2, 0) is 0 Å². The molecule has 0 fully saturated rings. The molecular formula is C3H2NO2-. The maximum absolute atomic E-state index is 9.89. The molecule has 6 heavy (non-hydrogen) atoms. The van der Waals surface area contributed by atoms with E-state index in [4.69, 9.17) is 0 Å². The molecule has 0 amide bonds. The molecule has 0 aliphatic rings. The first kappa shape index (κ1) is 3.21. The fourth-order valence-electron chi connectivity index (χ4n) is 0.192. The van der Waals surface area contributed by atoms with Crippen LogP contribution in [0.15, 0.2) is 15.4 Å². The van der Waals surface area contributed by atoms with Crippen molar-refractivity contribution in [3.8, 4) is 0 Å². The largest absolute Gasteiger partial charge is 0.501 e. The third-order valence-corrected chi connectivity index (χ3v) is 0.401. The topological polar surface area (TPSA) is 46.0 Å². The zero-order chi connectivity index (χ0) is 4.41. The Balaban J connectivity index is 3.41. The number of aromatic nitrogens is 1. The van der Waals surface area contributed by atoms with Gasteiger partial charge in [-0.25, -0.2) is 0 Å². The summed E-state index contributed by atoms with van der Waals surface area (Å²) in [5.41, 5.74) is -0.255. The van der Waals surface area contributed by atoms with Crippen molar-refractivity contribution >= 4 is 0 Å². The van der Waals surface area contributed by atoms with Crippen LogP contribution in [0.1, 0.15) is 0 Å². The van der Waals surface area contributed by atoms with Gasteiger partial charge in [0.15, 0.2) is 0 Å². The highest BCUT2D eigenvalue weighted by Gasteiger charge is 1.58. The Morgan fingerprint density at radius 3 is 3.00 bits per heavy atom. The van der Waals surface area contributed by atoms with Crippen molar-refractivity contribution in [2.24, 2.45) is 0 Å². The number of aromatic amines is 1. The van der Waals surface area contributed by atoms with Gasteiger partial charge in [0.25, 0.3) is 0 Å². The summed E-state index contributed by atoms with van der Waals surface area (Å²) >= 11 is 0. The van der Waals surface area contributed by atoms with Gasteiger partial charge < -0.3 is 9.32 Å². The lowest BCUT2D eigenvalue weighted by Crippen LogP contribution is -1.91. The van der Waals surface area contributed by atoms with Crippen molar-refractivity contribution in [2.45, 2.75) is 0 Å². The highest BCUT2D eigenvalue weighted by Crippen LogP contribution is 1.60. The highest BCUT2D eigenvalue weighted by molar-refractivity contribution is 4.68. The highest BCUT2D eigenvalue weighted by atomic mass is 16.5. The van der Waals surface area contributed by atoms with Crippen LogP contribution in [0.5, 0.6) is 0 Å². The number of nitrogens with one attached hydrogen (secondary N) is 1. The van der Waals surface area contributed by atoms with Crippen molar-refractivity contribution < 1.29 is 4.52 Å². The molecule has 1 aromatic heterocycles. The lowest BCUT2D eigenvalue weighted by atomic mass is 10.8. The van der Waals surface area contributed by atoms with Gasteiger partial charge in [-0.2, -0.15) is 0 Å². The Morgan fingerprint density at radius 1 is 2.00 bits per heavy atom. The zero-order valence-corrected chi connectivity index (χ0v) is 2.89. The van der Waals surface area contributed by atoms with E-state index in [1.807, 2.05) is 5.16 Å². The summed E-state index contributed by atoms with van der Waals surface area (Å²) < 4.78 is 4.15. The van der Waals surface area contributed by atoms with Crippen LogP contribution in [0.25, 0.3) is 0 Å². The molecule has 0 atom stereocenters. The van der Waals surface area contributed by atoms with E-state index in [0.29, 0.717) is 0 Å². The standard InChI is InChI=1S/C3H2NO2/c5-3-1-2-6-4-3/h1H,(H,4,5)/q-1. The van der Waals surface area contributed by atoms with Crippen molar-refractivity contribution in [1.29, 1.82) is 0 Å². The molecule has 32 valence electrons. The van der Waals surface area contributed by atoms with Crippen LogP contribution in [0.4, 0.5) is 0 Å². The zero-order valence-electron chi connectivity index (χ0n) is 2.89. The first-order valence-corrected chi connectivity index (χ1v) is 1.44. The molecule has 1 N–H and O–H groups in total. The molecule has 0 aliphatic carbocycles. The minimum atomic E-state index is -0.255. The molecule has 0 saturated carbocycles. The van der Waals surface area contributed by atoms with Gasteiger partial charge in [-0.05, 0) is 6.26 Å². The SMILES string of the molecule is O=c1c[c-]o[nH]1. The average molecular weight is 84.1 g/mol. The second-order valence-electron chi connectivity index (χ2n) is 0.831. The van der Waals surface area contributed by atoms with Crippen LogP contribution >= 0.6 is 0 Å². The average Bonchev–Trinajstić information content (AvgIpc) is 1.86. The summed E-state index contributed by atoms with van der Waals surface area (Å²) in [4.78, 5) is 9.89. The van der Waals surface area contributed by atoms with E-state index >= 15 is 0 Å². The molecule has 0 spiro atoms. The molecule has 1 heterocycles. The Labute approximate surface area is 33.6 Å². The minimum absolute atomic E-state index is 0.255.